The maximum atomic E-state index is 5.98. The molecule has 0 spiro atoms. The quantitative estimate of drug-likeness (QED) is 0.212. The lowest BCUT2D eigenvalue weighted by atomic mass is 9.99. The summed E-state index contributed by atoms with van der Waals surface area (Å²) in [6, 6.07) is 9.19. The smallest absolute Gasteiger partial charge is 0.123 e. The number of ether oxygens (including phenoxy) is 1. The second kappa shape index (κ2) is 16.0. The summed E-state index contributed by atoms with van der Waals surface area (Å²) in [6.07, 6.45) is 21.1. The maximum Gasteiger partial charge on any atom is 0.123 e. The Kier molecular flexibility index (Phi) is 14.0. The first-order chi connectivity index (χ1) is 12.8. The number of unbranched alkanes of at least 4 members (excludes halogenated alkanes) is 9. The van der Waals surface area contributed by atoms with Crippen LogP contribution in [0.4, 0.5) is 0 Å². The molecule has 0 saturated heterocycles. The monoisotopic (exact) mass is 358 g/mol. The Morgan fingerprint density at radius 1 is 0.769 bits per heavy atom. The molecule has 0 saturated carbocycles. The molecule has 1 nitrogen and oxygen atoms in total. The summed E-state index contributed by atoms with van der Waals surface area (Å²) in [5.74, 6) is 0. The van der Waals surface area contributed by atoms with Crippen molar-refractivity contribution in [2.45, 2.75) is 110 Å². The summed E-state index contributed by atoms with van der Waals surface area (Å²) in [6.45, 7) is 6.56. The number of allylic oxidation sites excluding steroid dienone is 1. The summed E-state index contributed by atoms with van der Waals surface area (Å²) in [4.78, 5) is 0. The number of hydrogen-bond acceptors (Lipinski definition) is 1. The Hall–Kier alpha value is -1.24. The van der Waals surface area contributed by atoms with Crippen LogP contribution in [0.3, 0.4) is 0 Å². The van der Waals surface area contributed by atoms with Crippen LogP contribution in [0.25, 0.3) is 0 Å². The van der Waals surface area contributed by atoms with Crippen molar-refractivity contribution in [3.05, 3.63) is 47.7 Å². The summed E-state index contributed by atoms with van der Waals surface area (Å²) < 4.78 is 5.98. The fourth-order valence-electron chi connectivity index (χ4n) is 3.43. The maximum absolute atomic E-state index is 5.98. The van der Waals surface area contributed by atoms with Crippen molar-refractivity contribution in [2.75, 3.05) is 0 Å². The number of benzene rings is 1. The van der Waals surface area contributed by atoms with Crippen LogP contribution in [-0.2, 0) is 11.2 Å². The molecule has 0 fully saturated rings. The normalized spacial score (nSPS) is 12.6. The third-order valence-corrected chi connectivity index (χ3v) is 5.12. The molecule has 1 aromatic rings. The summed E-state index contributed by atoms with van der Waals surface area (Å²) in [7, 11) is 0. The molecule has 0 heterocycles. The Bertz CT molecular complexity index is 446. The molecule has 148 valence electrons. The van der Waals surface area contributed by atoms with Crippen molar-refractivity contribution in [1.29, 1.82) is 0 Å². The van der Waals surface area contributed by atoms with Gasteiger partial charge in [-0.1, -0.05) is 102 Å². The van der Waals surface area contributed by atoms with E-state index < -0.39 is 0 Å². The highest BCUT2D eigenvalue weighted by Gasteiger charge is 2.11. The van der Waals surface area contributed by atoms with Gasteiger partial charge in [0, 0.05) is 0 Å². The Balaban J connectivity index is 2.41. The van der Waals surface area contributed by atoms with Gasteiger partial charge in [0.2, 0.25) is 0 Å². The van der Waals surface area contributed by atoms with Gasteiger partial charge in [0.1, 0.15) is 6.10 Å². The summed E-state index contributed by atoms with van der Waals surface area (Å²) in [5.41, 5.74) is 2.79. The van der Waals surface area contributed by atoms with Gasteiger partial charge < -0.3 is 4.74 Å². The lowest BCUT2D eigenvalue weighted by Gasteiger charge is -2.17. The molecule has 26 heavy (non-hydrogen) atoms. The van der Waals surface area contributed by atoms with Crippen molar-refractivity contribution in [3.63, 3.8) is 0 Å². The average Bonchev–Trinajstić information content (AvgIpc) is 2.67. The van der Waals surface area contributed by atoms with E-state index in [0.717, 1.165) is 6.42 Å². The van der Waals surface area contributed by atoms with Crippen molar-refractivity contribution >= 4 is 0 Å². The number of rotatable bonds is 16. The fourth-order valence-corrected chi connectivity index (χ4v) is 3.43. The van der Waals surface area contributed by atoms with Gasteiger partial charge in [-0.15, -0.1) is 0 Å². The third-order valence-electron chi connectivity index (χ3n) is 5.12. The Morgan fingerprint density at radius 3 is 1.96 bits per heavy atom. The highest BCUT2D eigenvalue weighted by atomic mass is 16.5. The number of aryl methyl sites for hydroxylation is 1. The molecule has 1 atom stereocenters. The molecule has 0 amide bonds. The van der Waals surface area contributed by atoms with Gasteiger partial charge in [0.25, 0.3) is 0 Å². The van der Waals surface area contributed by atoms with E-state index in [0.29, 0.717) is 0 Å². The van der Waals surface area contributed by atoms with Gasteiger partial charge in [-0.3, -0.25) is 0 Å². The minimum atomic E-state index is 0.205. The predicted octanol–water partition coefficient (Wildman–Crippen LogP) is 8.54. The largest absolute Gasteiger partial charge is 0.494 e. The zero-order chi connectivity index (χ0) is 18.9. The molecule has 0 radical (unpaired) electrons. The lowest BCUT2D eigenvalue weighted by Crippen LogP contribution is -2.01. The number of hydrogen-bond donors (Lipinski definition) is 0. The van der Waals surface area contributed by atoms with Crippen LogP contribution in [0.15, 0.2) is 36.6 Å². The zero-order valence-electron chi connectivity index (χ0n) is 17.6. The molecule has 1 unspecified atom stereocenters. The van der Waals surface area contributed by atoms with Crippen molar-refractivity contribution in [3.8, 4) is 0 Å². The van der Waals surface area contributed by atoms with Gasteiger partial charge in [0.15, 0.2) is 0 Å². The molecule has 0 aliphatic carbocycles. The van der Waals surface area contributed by atoms with E-state index >= 15 is 0 Å². The van der Waals surface area contributed by atoms with Crippen LogP contribution in [0.1, 0.15) is 115 Å². The van der Waals surface area contributed by atoms with E-state index in [1.807, 2.05) is 19.3 Å². The van der Waals surface area contributed by atoms with E-state index in [-0.39, 0.29) is 6.10 Å². The van der Waals surface area contributed by atoms with E-state index in [4.69, 9.17) is 4.74 Å². The van der Waals surface area contributed by atoms with E-state index in [2.05, 4.69) is 38.1 Å². The van der Waals surface area contributed by atoms with Crippen molar-refractivity contribution in [2.24, 2.45) is 0 Å². The van der Waals surface area contributed by atoms with Crippen molar-refractivity contribution < 1.29 is 4.74 Å². The molecule has 1 aromatic carbocycles. The fraction of sp³-hybridized carbons (Fsp3) is 0.680. The summed E-state index contributed by atoms with van der Waals surface area (Å²) >= 11 is 0. The minimum absolute atomic E-state index is 0.205. The lowest BCUT2D eigenvalue weighted by molar-refractivity contribution is 0.133. The SMILES string of the molecule is C/C=C/OC(CCCCCCC)c1ccc(CCCCCCCC)cc1. The van der Waals surface area contributed by atoms with Gasteiger partial charge >= 0.3 is 0 Å². The van der Waals surface area contributed by atoms with Crippen LogP contribution >= 0.6 is 0 Å². The first-order valence-electron chi connectivity index (χ1n) is 11.2. The van der Waals surface area contributed by atoms with E-state index in [9.17, 15) is 0 Å². The van der Waals surface area contributed by atoms with Gasteiger partial charge in [-0.2, -0.15) is 0 Å². The molecule has 1 rings (SSSR count). The van der Waals surface area contributed by atoms with E-state index in [1.165, 1.54) is 88.2 Å². The second-order valence-electron chi connectivity index (χ2n) is 7.56. The van der Waals surface area contributed by atoms with E-state index in [1.54, 1.807) is 0 Å². The highest BCUT2D eigenvalue weighted by molar-refractivity contribution is 5.24. The van der Waals surface area contributed by atoms with Gasteiger partial charge in [0.05, 0.1) is 6.26 Å². The van der Waals surface area contributed by atoms with Crippen LogP contribution in [-0.4, -0.2) is 0 Å². The second-order valence-corrected chi connectivity index (χ2v) is 7.56. The molecule has 0 N–H and O–H groups in total. The molecule has 0 bridgehead atoms. The minimum Gasteiger partial charge on any atom is -0.494 e. The van der Waals surface area contributed by atoms with Crippen LogP contribution in [0.2, 0.25) is 0 Å². The van der Waals surface area contributed by atoms with Crippen LogP contribution in [0, 0.1) is 0 Å². The first-order valence-corrected chi connectivity index (χ1v) is 11.2. The molecule has 0 aliphatic rings. The standard InChI is InChI=1S/C25H42O/c1-4-7-9-11-13-14-16-23-18-20-24(21-19-23)25(26-22-6-3)17-15-12-10-8-5-2/h6,18-22,25H,4-5,7-17H2,1-3H3/b22-6+. The Morgan fingerprint density at radius 2 is 1.35 bits per heavy atom. The first kappa shape index (κ1) is 22.8. The molecule has 1 heteroatoms. The molecule has 0 aliphatic heterocycles. The zero-order valence-corrected chi connectivity index (χ0v) is 17.6. The highest BCUT2D eigenvalue weighted by Crippen LogP contribution is 2.25. The van der Waals surface area contributed by atoms with Crippen molar-refractivity contribution in [1.82, 2.24) is 0 Å². The Labute approximate surface area is 163 Å². The molecule has 0 aromatic heterocycles. The molecular formula is C25H42O. The topological polar surface area (TPSA) is 9.23 Å². The van der Waals surface area contributed by atoms with Gasteiger partial charge in [-0.05, 0) is 43.7 Å². The third kappa shape index (κ3) is 10.7. The van der Waals surface area contributed by atoms with Crippen LogP contribution < -0.4 is 0 Å². The van der Waals surface area contributed by atoms with Gasteiger partial charge in [-0.25, -0.2) is 0 Å². The average molecular weight is 359 g/mol. The summed E-state index contributed by atoms with van der Waals surface area (Å²) in [5, 5.41) is 0. The predicted molar refractivity (Wildman–Crippen MR) is 116 cm³/mol. The molecular weight excluding hydrogens is 316 g/mol. The van der Waals surface area contributed by atoms with Crippen LogP contribution in [0.5, 0.6) is 0 Å².